The van der Waals surface area contributed by atoms with Crippen LogP contribution in [0.15, 0.2) is 24.4 Å². The lowest BCUT2D eigenvalue weighted by molar-refractivity contribution is -0.137. The summed E-state index contributed by atoms with van der Waals surface area (Å²) in [5.74, 6) is -0.744. The van der Waals surface area contributed by atoms with Crippen molar-refractivity contribution in [1.29, 1.82) is 0 Å². The van der Waals surface area contributed by atoms with Crippen LogP contribution in [-0.2, 0) is 11.2 Å². The van der Waals surface area contributed by atoms with Crippen molar-refractivity contribution in [2.45, 2.75) is 19.3 Å². The fourth-order valence-electron chi connectivity index (χ4n) is 1.67. The van der Waals surface area contributed by atoms with E-state index in [-0.39, 0.29) is 6.42 Å². The van der Waals surface area contributed by atoms with Gasteiger partial charge in [-0.2, -0.15) is 5.10 Å². The van der Waals surface area contributed by atoms with Gasteiger partial charge in [0.05, 0.1) is 11.7 Å². The molecule has 0 bridgehead atoms. The fourth-order valence-corrected chi connectivity index (χ4v) is 1.67. The zero-order valence-corrected chi connectivity index (χ0v) is 8.23. The number of carboxylic acid groups (broad SMARTS) is 1. The molecule has 0 radical (unpaired) electrons. The highest BCUT2D eigenvalue weighted by molar-refractivity contribution is 5.81. The summed E-state index contributed by atoms with van der Waals surface area (Å²) in [4.78, 5) is 10.4. The van der Waals surface area contributed by atoms with Gasteiger partial charge >= 0.3 is 5.97 Å². The maximum absolute atomic E-state index is 10.4. The van der Waals surface area contributed by atoms with E-state index < -0.39 is 5.97 Å². The highest BCUT2D eigenvalue weighted by Crippen LogP contribution is 2.17. The topological polar surface area (TPSA) is 66.0 Å². The van der Waals surface area contributed by atoms with Gasteiger partial charge in [0.15, 0.2) is 0 Å². The number of hydrogen-bond acceptors (Lipinski definition) is 2. The molecule has 1 aromatic carbocycles. The zero-order valence-electron chi connectivity index (χ0n) is 8.23. The van der Waals surface area contributed by atoms with Gasteiger partial charge in [-0.3, -0.25) is 9.89 Å². The second-order valence-electron chi connectivity index (χ2n) is 3.50. The van der Waals surface area contributed by atoms with Gasteiger partial charge in [0.2, 0.25) is 0 Å². The third kappa shape index (κ3) is 2.15. The van der Waals surface area contributed by atoms with Gasteiger partial charge in [0.1, 0.15) is 0 Å². The van der Waals surface area contributed by atoms with Crippen LogP contribution in [0.25, 0.3) is 10.9 Å². The Morgan fingerprint density at radius 2 is 2.33 bits per heavy atom. The molecule has 1 aromatic heterocycles. The Hall–Kier alpha value is -1.84. The molecule has 78 valence electrons. The van der Waals surface area contributed by atoms with Crippen LogP contribution in [0.4, 0.5) is 0 Å². The van der Waals surface area contributed by atoms with Gasteiger partial charge in [-0.25, -0.2) is 0 Å². The number of carbonyl (C=O) groups is 1. The number of aromatic amines is 1. The standard InChI is InChI=1S/C11H12N2O2/c14-10(15)6-2-4-8-3-1-5-9-7-12-13-11(8)9/h1,3,5,7H,2,4,6H2,(H,12,13)(H,14,15). The van der Waals surface area contributed by atoms with E-state index in [4.69, 9.17) is 5.11 Å². The Bertz CT molecular complexity index is 476. The van der Waals surface area contributed by atoms with Crippen LogP contribution in [0, 0.1) is 0 Å². The summed E-state index contributed by atoms with van der Waals surface area (Å²) in [6, 6.07) is 5.95. The van der Waals surface area contributed by atoms with Crippen LogP contribution in [-0.4, -0.2) is 21.3 Å². The third-order valence-corrected chi connectivity index (χ3v) is 2.40. The normalized spacial score (nSPS) is 10.7. The molecular formula is C11H12N2O2. The summed E-state index contributed by atoms with van der Waals surface area (Å²) in [6.45, 7) is 0. The van der Waals surface area contributed by atoms with Crippen molar-refractivity contribution in [3.63, 3.8) is 0 Å². The maximum Gasteiger partial charge on any atom is 0.303 e. The SMILES string of the molecule is O=C(O)CCCc1cccc2cn[nH]c12. The van der Waals surface area contributed by atoms with Crippen molar-refractivity contribution >= 4 is 16.9 Å². The van der Waals surface area contributed by atoms with Crippen molar-refractivity contribution < 1.29 is 9.90 Å². The maximum atomic E-state index is 10.4. The molecule has 2 aromatic rings. The number of aliphatic carboxylic acids is 1. The summed E-state index contributed by atoms with van der Waals surface area (Å²) < 4.78 is 0. The summed E-state index contributed by atoms with van der Waals surface area (Å²) in [5, 5.41) is 16.5. The number of nitrogens with one attached hydrogen (secondary N) is 1. The van der Waals surface area contributed by atoms with Gasteiger partial charge in [0, 0.05) is 11.8 Å². The van der Waals surface area contributed by atoms with Gasteiger partial charge in [-0.1, -0.05) is 18.2 Å². The molecule has 4 nitrogen and oxygen atoms in total. The number of fused-ring (bicyclic) bond motifs is 1. The quantitative estimate of drug-likeness (QED) is 0.800. The van der Waals surface area contributed by atoms with Crippen LogP contribution in [0.2, 0.25) is 0 Å². The van der Waals surface area contributed by atoms with Crippen molar-refractivity contribution in [3.8, 4) is 0 Å². The van der Waals surface area contributed by atoms with Crippen molar-refractivity contribution in [3.05, 3.63) is 30.0 Å². The van der Waals surface area contributed by atoms with E-state index in [1.807, 2.05) is 18.2 Å². The lowest BCUT2D eigenvalue weighted by Gasteiger charge is -2.00. The number of rotatable bonds is 4. The predicted octanol–water partition coefficient (Wildman–Crippen LogP) is 1.97. The first-order valence-electron chi connectivity index (χ1n) is 4.90. The molecule has 0 fully saturated rings. The molecule has 0 atom stereocenters. The van der Waals surface area contributed by atoms with Crippen LogP contribution in [0.1, 0.15) is 18.4 Å². The summed E-state index contributed by atoms with van der Waals surface area (Å²) in [7, 11) is 0. The summed E-state index contributed by atoms with van der Waals surface area (Å²) in [6.07, 6.45) is 3.42. The van der Waals surface area contributed by atoms with E-state index in [1.54, 1.807) is 6.20 Å². The first-order valence-corrected chi connectivity index (χ1v) is 4.90. The smallest absolute Gasteiger partial charge is 0.303 e. The second-order valence-corrected chi connectivity index (χ2v) is 3.50. The van der Waals surface area contributed by atoms with Gasteiger partial charge in [-0.05, 0) is 18.4 Å². The molecule has 0 unspecified atom stereocenters. The van der Waals surface area contributed by atoms with Crippen LogP contribution in [0.3, 0.4) is 0 Å². The fraction of sp³-hybridized carbons (Fsp3) is 0.273. The van der Waals surface area contributed by atoms with Crippen LogP contribution >= 0.6 is 0 Å². The van der Waals surface area contributed by atoms with Crippen LogP contribution < -0.4 is 0 Å². The first kappa shape index (κ1) is 9.71. The minimum absolute atomic E-state index is 0.213. The molecular weight excluding hydrogens is 192 g/mol. The number of carboxylic acids is 1. The number of hydrogen-bond donors (Lipinski definition) is 2. The number of aromatic nitrogens is 2. The van der Waals surface area contributed by atoms with E-state index in [9.17, 15) is 4.79 Å². The highest BCUT2D eigenvalue weighted by Gasteiger charge is 2.03. The molecule has 2 rings (SSSR count). The molecule has 0 aliphatic rings. The molecule has 15 heavy (non-hydrogen) atoms. The Morgan fingerprint density at radius 1 is 1.47 bits per heavy atom. The van der Waals surface area contributed by atoms with Crippen LogP contribution in [0.5, 0.6) is 0 Å². The summed E-state index contributed by atoms with van der Waals surface area (Å²) >= 11 is 0. The second kappa shape index (κ2) is 4.13. The molecule has 0 saturated carbocycles. The largest absolute Gasteiger partial charge is 0.481 e. The Kier molecular flexibility index (Phi) is 2.67. The third-order valence-electron chi connectivity index (χ3n) is 2.40. The van der Waals surface area contributed by atoms with Gasteiger partial charge in [-0.15, -0.1) is 0 Å². The number of nitrogens with zero attached hydrogens (tertiary/aromatic N) is 1. The number of para-hydroxylation sites is 1. The minimum Gasteiger partial charge on any atom is -0.481 e. The highest BCUT2D eigenvalue weighted by atomic mass is 16.4. The molecule has 0 aliphatic heterocycles. The minimum atomic E-state index is -0.744. The van der Waals surface area contributed by atoms with Crippen molar-refractivity contribution in [1.82, 2.24) is 10.2 Å². The monoisotopic (exact) mass is 204 g/mol. The Morgan fingerprint density at radius 3 is 3.13 bits per heavy atom. The number of H-pyrrole nitrogens is 1. The Balaban J connectivity index is 2.13. The van der Waals surface area contributed by atoms with E-state index in [2.05, 4.69) is 10.2 Å². The average molecular weight is 204 g/mol. The molecule has 0 spiro atoms. The summed E-state index contributed by atoms with van der Waals surface area (Å²) in [5.41, 5.74) is 2.15. The number of benzene rings is 1. The molecule has 4 heteroatoms. The van der Waals surface area contributed by atoms with Crippen molar-refractivity contribution in [2.24, 2.45) is 0 Å². The van der Waals surface area contributed by atoms with E-state index in [1.165, 1.54) is 0 Å². The zero-order chi connectivity index (χ0) is 10.7. The average Bonchev–Trinajstić information content (AvgIpc) is 2.65. The van der Waals surface area contributed by atoms with Gasteiger partial charge in [0.25, 0.3) is 0 Å². The van der Waals surface area contributed by atoms with E-state index >= 15 is 0 Å². The molecule has 0 amide bonds. The Labute approximate surface area is 86.9 Å². The molecule has 1 heterocycles. The van der Waals surface area contributed by atoms with E-state index in [0.29, 0.717) is 6.42 Å². The first-order chi connectivity index (χ1) is 7.27. The number of aryl methyl sites for hydroxylation is 1. The molecule has 0 saturated heterocycles. The lowest BCUT2D eigenvalue weighted by atomic mass is 10.1. The van der Waals surface area contributed by atoms with Gasteiger partial charge < -0.3 is 5.11 Å². The predicted molar refractivity (Wildman–Crippen MR) is 56.7 cm³/mol. The van der Waals surface area contributed by atoms with Crippen molar-refractivity contribution in [2.75, 3.05) is 0 Å². The molecule has 0 aliphatic carbocycles. The lowest BCUT2D eigenvalue weighted by Crippen LogP contribution is -1.96. The van der Waals surface area contributed by atoms with E-state index in [0.717, 1.165) is 22.9 Å². The molecule has 2 N–H and O–H groups in total.